The van der Waals surface area contributed by atoms with E-state index in [9.17, 15) is 9.59 Å². The van der Waals surface area contributed by atoms with Crippen LogP contribution in [0, 0.1) is 0 Å². The van der Waals surface area contributed by atoms with Crippen LogP contribution >= 0.6 is 0 Å². The Morgan fingerprint density at radius 1 is 0.810 bits per heavy atom. The second-order valence-corrected chi connectivity index (χ2v) is 10.9. The van der Waals surface area contributed by atoms with E-state index in [1.807, 2.05) is 55.1 Å². The highest BCUT2D eigenvalue weighted by molar-refractivity contribution is 5.98. The number of pyridine rings is 2. The number of methoxy groups -OCH3 is 1. The second kappa shape index (κ2) is 11.7. The maximum Gasteiger partial charge on any atom is 0.272 e. The van der Waals surface area contributed by atoms with E-state index in [1.54, 1.807) is 36.5 Å². The van der Waals surface area contributed by atoms with Crippen LogP contribution in [0.25, 0.3) is 22.5 Å². The first-order chi connectivity index (χ1) is 20.4. The van der Waals surface area contributed by atoms with Crippen LogP contribution in [0.1, 0.15) is 46.8 Å². The molecule has 6 rings (SSSR count). The molecule has 0 atom stereocenters. The van der Waals surface area contributed by atoms with Crippen LogP contribution in [0.15, 0.2) is 67.0 Å². The molecule has 1 fully saturated rings. The molecule has 0 aliphatic carbocycles. The zero-order valence-corrected chi connectivity index (χ0v) is 24.2. The molecule has 0 saturated carbocycles. The predicted molar refractivity (Wildman–Crippen MR) is 160 cm³/mol. The Kier molecular flexibility index (Phi) is 7.65. The van der Waals surface area contributed by atoms with Gasteiger partial charge in [0.05, 0.1) is 24.6 Å². The summed E-state index contributed by atoms with van der Waals surface area (Å²) in [6, 6.07) is 17.2. The Morgan fingerprint density at radius 3 is 2.21 bits per heavy atom. The molecule has 9 heteroatoms. The van der Waals surface area contributed by atoms with E-state index in [-0.39, 0.29) is 17.9 Å². The SMILES string of the molecule is COc1cc2c(cc1OC(C)C)-c1c(-c3ccccn3)cc(C(=O)N3CCCN(C(=O)c4ccccn4)CC3)n1CC2. The van der Waals surface area contributed by atoms with Crippen molar-refractivity contribution in [1.29, 1.82) is 0 Å². The molecule has 216 valence electrons. The summed E-state index contributed by atoms with van der Waals surface area (Å²) in [5.41, 5.74) is 5.87. The lowest BCUT2D eigenvalue weighted by Crippen LogP contribution is -2.38. The summed E-state index contributed by atoms with van der Waals surface area (Å²) >= 11 is 0. The number of hydrogen-bond acceptors (Lipinski definition) is 6. The molecular formula is C33H35N5O4. The summed E-state index contributed by atoms with van der Waals surface area (Å²) < 4.78 is 13.9. The van der Waals surface area contributed by atoms with Gasteiger partial charge in [-0.3, -0.25) is 19.6 Å². The minimum absolute atomic E-state index is 0.0214. The normalized spacial score (nSPS) is 14.7. The number of ether oxygens (including phenoxy) is 2. The molecule has 2 amide bonds. The third-order valence-corrected chi connectivity index (χ3v) is 7.82. The van der Waals surface area contributed by atoms with Gasteiger partial charge in [0.25, 0.3) is 11.8 Å². The Morgan fingerprint density at radius 2 is 1.55 bits per heavy atom. The lowest BCUT2D eigenvalue weighted by molar-refractivity contribution is 0.0710. The Balaban J connectivity index is 1.36. The standard InChI is InChI=1S/C33H35N5O4/c1-22(2)42-30-21-24-23(19-29(30)41-3)11-16-38-28(20-25(31(24)38)26-9-4-6-12-34-26)33(40)37-15-8-14-36(17-18-37)32(39)27-10-5-7-13-35-27/h4-7,9-10,12-13,19-22H,8,11,14-18H2,1-3H3. The average Bonchev–Trinajstić information content (AvgIpc) is 3.24. The Bertz CT molecular complexity index is 1600. The number of nitrogens with zero attached hydrogens (tertiary/aromatic N) is 5. The van der Waals surface area contributed by atoms with Gasteiger partial charge in [0.1, 0.15) is 11.4 Å². The molecule has 2 aliphatic heterocycles. The van der Waals surface area contributed by atoms with Crippen LogP contribution in [0.4, 0.5) is 0 Å². The summed E-state index contributed by atoms with van der Waals surface area (Å²) in [7, 11) is 1.66. The monoisotopic (exact) mass is 565 g/mol. The minimum atomic E-state index is -0.103. The maximum absolute atomic E-state index is 14.2. The number of carbonyl (C=O) groups is 2. The number of aryl methyl sites for hydroxylation is 1. The number of amides is 2. The maximum atomic E-state index is 14.2. The van der Waals surface area contributed by atoms with Crippen molar-refractivity contribution in [3.63, 3.8) is 0 Å². The van der Waals surface area contributed by atoms with E-state index in [1.165, 1.54) is 0 Å². The van der Waals surface area contributed by atoms with E-state index >= 15 is 0 Å². The highest BCUT2D eigenvalue weighted by Gasteiger charge is 2.31. The minimum Gasteiger partial charge on any atom is -0.493 e. The summed E-state index contributed by atoms with van der Waals surface area (Å²) in [5.74, 6) is 1.23. The quantitative estimate of drug-likeness (QED) is 0.329. The van der Waals surface area contributed by atoms with Gasteiger partial charge in [0.2, 0.25) is 0 Å². The van der Waals surface area contributed by atoms with Crippen molar-refractivity contribution in [1.82, 2.24) is 24.3 Å². The largest absolute Gasteiger partial charge is 0.493 e. The third-order valence-electron chi connectivity index (χ3n) is 7.82. The second-order valence-electron chi connectivity index (χ2n) is 10.9. The average molecular weight is 566 g/mol. The summed E-state index contributed by atoms with van der Waals surface area (Å²) in [6.45, 7) is 6.70. The van der Waals surface area contributed by atoms with Gasteiger partial charge in [-0.2, -0.15) is 0 Å². The summed E-state index contributed by atoms with van der Waals surface area (Å²) in [4.78, 5) is 39.7. The zero-order valence-electron chi connectivity index (χ0n) is 24.2. The van der Waals surface area contributed by atoms with Crippen molar-refractivity contribution in [3.8, 4) is 34.0 Å². The smallest absolute Gasteiger partial charge is 0.272 e. The molecule has 0 bridgehead atoms. The Labute approximate surface area is 245 Å². The summed E-state index contributed by atoms with van der Waals surface area (Å²) in [5, 5.41) is 0. The number of benzene rings is 1. The van der Waals surface area contributed by atoms with Gasteiger partial charge in [0, 0.05) is 56.2 Å². The van der Waals surface area contributed by atoms with Gasteiger partial charge in [-0.1, -0.05) is 12.1 Å². The predicted octanol–water partition coefficient (Wildman–Crippen LogP) is 4.95. The molecule has 0 radical (unpaired) electrons. The first-order valence-corrected chi connectivity index (χ1v) is 14.5. The van der Waals surface area contributed by atoms with Gasteiger partial charge in [0.15, 0.2) is 11.5 Å². The molecule has 1 saturated heterocycles. The van der Waals surface area contributed by atoms with E-state index in [2.05, 4.69) is 20.6 Å². The molecule has 2 aliphatic rings. The topological polar surface area (TPSA) is 89.8 Å². The van der Waals surface area contributed by atoms with Gasteiger partial charge in [-0.05, 0) is 74.7 Å². The fourth-order valence-corrected chi connectivity index (χ4v) is 5.87. The molecule has 0 N–H and O–H groups in total. The highest BCUT2D eigenvalue weighted by atomic mass is 16.5. The fourth-order valence-electron chi connectivity index (χ4n) is 5.87. The molecule has 9 nitrogen and oxygen atoms in total. The molecule has 42 heavy (non-hydrogen) atoms. The Hall–Kier alpha value is -4.66. The third kappa shape index (κ3) is 5.22. The van der Waals surface area contributed by atoms with Gasteiger partial charge < -0.3 is 23.8 Å². The molecule has 0 unspecified atom stereocenters. The summed E-state index contributed by atoms with van der Waals surface area (Å²) in [6.07, 6.45) is 4.83. The van der Waals surface area contributed by atoms with E-state index in [0.29, 0.717) is 62.0 Å². The zero-order chi connectivity index (χ0) is 29.2. The molecule has 5 heterocycles. The van der Waals surface area contributed by atoms with Crippen molar-refractivity contribution in [3.05, 3.63) is 83.9 Å². The number of rotatable bonds is 6. The number of hydrogen-bond donors (Lipinski definition) is 0. The van der Waals surface area contributed by atoms with Crippen molar-refractivity contribution in [2.45, 2.75) is 39.3 Å². The lowest BCUT2D eigenvalue weighted by atomic mass is 9.94. The lowest BCUT2D eigenvalue weighted by Gasteiger charge is -2.26. The highest BCUT2D eigenvalue weighted by Crippen LogP contribution is 2.44. The van der Waals surface area contributed by atoms with Crippen molar-refractivity contribution >= 4 is 11.8 Å². The van der Waals surface area contributed by atoms with E-state index in [0.717, 1.165) is 34.5 Å². The van der Waals surface area contributed by atoms with Crippen molar-refractivity contribution in [2.75, 3.05) is 33.3 Å². The van der Waals surface area contributed by atoms with Gasteiger partial charge in [-0.15, -0.1) is 0 Å². The molecule has 0 spiro atoms. The molecule has 4 aromatic rings. The van der Waals surface area contributed by atoms with Crippen LogP contribution in [0.3, 0.4) is 0 Å². The van der Waals surface area contributed by atoms with Crippen LogP contribution < -0.4 is 9.47 Å². The molecule has 3 aromatic heterocycles. The molecule has 1 aromatic carbocycles. The van der Waals surface area contributed by atoms with Crippen molar-refractivity contribution in [2.24, 2.45) is 0 Å². The number of aromatic nitrogens is 3. The van der Waals surface area contributed by atoms with Crippen LogP contribution in [-0.4, -0.2) is 75.5 Å². The van der Waals surface area contributed by atoms with E-state index in [4.69, 9.17) is 9.47 Å². The fraction of sp³-hybridized carbons (Fsp3) is 0.333. The first-order valence-electron chi connectivity index (χ1n) is 14.5. The van der Waals surface area contributed by atoms with E-state index < -0.39 is 0 Å². The number of carbonyl (C=O) groups excluding carboxylic acids is 2. The van der Waals surface area contributed by atoms with Gasteiger partial charge >= 0.3 is 0 Å². The first kappa shape index (κ1) is 27.5. The van der Waals surface area contributed by atoms with Crippen molar-refractivity contribution < 1.29 is 19.1 Å². The van der Waals surface area contributed by atoms with Gasteiger partial charge in [-0.25, -0.2) is 0 Å². The molecular weight excluding hydrogens is 530 g/mol. The van der Waals surface area contributed by atoms with Crippen LogP contribution in [0.5, 0.6) is 11.5 Å². The van der Waals surface area contributed by atoms with Crippen LogP contribution in [0.2, 0.25) is 0 Å². The van der Waals surface area contributed by atoms with Crippen LogP contribution in [-0.2, 0) is 13.0 Å². The number of fused-ring (bicyclic) bond motifs is 3.